The maximum absolute atomic E-state index is 13.6. The molecule has 0 bridgehead atoms. The number of sulfonamides is 1. The maximum atomic E-state index is 13.6. The van der Waals surface area contributed by atoms with Crippen LogP contribution in [0.15, 0.2) is 54.7 Å². The molecule has 0 unspecified atom stereocenters. The van der Waals surface area contributed by atoms with Crippen LogP contribution in [-0.2, 0) is 10.0 Å². The standard InChI is InChI=1S/C33H41N7O5S/c1-5-45-30-20-23(32(41)39-18-16-38(17-19-39)24-12-14-36(2)15-13-24)10-11-26(30)35-31-21-28-29(22-34-31)37(3)33(42)25-8-6-7-9-27(25)40(28)46(4,43)44/h6-11,20-22,24H,5,12-19H2,1-4H3,(H,34,35). The normalized spacial score (nSPS) is 18.2. The lowest BCUT2D eigenvalue weighted by Crippen LogP contribution is -2.54. The van der Waals surface area contributed by atoms with Crippen molar-refractivity contribution >= 4 is 50.4 Å². The summed E-state index contributed by atoms with van der Waals surface area (Å²) in [5.74, 6) is 0.451. The average molecular weight is 648 g/mol. The van der Waals surface area contributed by atoms with Gasteiger partial charge in [0.2, 0.25) is 10.0 Å². The van der Waals surface area contributed by atoms with Gasteiger partial charge in [-0.3, -0.25) is 14.5 Å². The molecular weight excluding hydrogens is 606 g/mol. The minimum atomic E-state index is -3.84. The average Bonchev–Trinajstić information content (AvgIpc) is 3.14. The van der Waals surface area contributed by atoms with E-state index in [1.165, 1.54) is 28.2 Å². The summed E-state index contributed by atoms with van der Waals surface area (Å²) in [4.78, 5) is 39.5. The molecule has 46 heavy (non-hydrogen) atoms. The fourth-order valence-corrected chi connectivity index (χ4v) is 7.56. The highest BCUT2D eigenvalue weighted by atomic mass is 32.2. The molecule has 3 aromatic rings. The van der Waals surface area contributed by atoms with Crippen LogP contribution in [0.2, 0.25) is 0 Å². The molecule has 2 fully saturated rings. The number of benzene rings is 2. The summed E-state index contributed by atoms with van der Waals surface area (Å²) in [5, 5.41) is 3.24. The lowest BCUT2D eigenvalue weighted by atomic mass is 10.0. The summed E-state index contributed by atoms with van der Waals surface area (Å²) in [6.07, 6.45) is 4.92. The number of likely N-dealkylation sites (tertiary alicyclic amines) is 1. The van der Waals surface area contributed by atoms with Gasteiger partial charge >= 0.3 is 0 Å². The summed E-state index contributed by atoms with van der Waals surface area (Å²) >= 11 is 0. The Morgan fingerprint density at radius 1 is 0.957 bits per heavy atom. The molecule has 4 heterocycles. The van der Waals surface area contributed by atoms with E-state index in [-0.39, 0.29) is 28.8 Å². The van der Waals surface area contributed by atoms with Gasteiger partial charge in [0, 0.05) is 50.9 Å². The van der Waals surface area contributed by atoms with E-state index < -0.39 is 10.0 Å². The molecule has 0 saturated carbocycles. The van der Waals surface area contributed by atoms with Crippen LogP contribution >= 0.6 is 0 Å². The van der Waals surface area contributed by atoms with Crippen molar-refractivity contribution in [3.05, 3.63) is 65.9 Å². The number of pyridine rings is 1. The molecular formula is C33H41N7O5S. The quantitative estimate of drug-likeness (QED) is 0.409. The van der Waals surface area contributed by atoms with Crippen LogP contribution < -0.4 is 19.3 Å². The Morgan fingerprint density at radius 3 is 2.37 bits per heavy atom. The third-order valence-corrected chi connectivity index (χ3v) is 10.1. The van der Waals surface area contributed by atoms with Crippen LogP contribution in [-0.4, -0.2) is 112 Å². The molecule has 3 aliphatic heterocycles. The van der Waals surface area contributed by atoms with Crippen molar-refractivity contribution in [1.82, 2.24) is 19.7 Å². The molecule has 6 rings (SSSR count). The third-order valence-electron chi connectivity index (χ3n) is 9.03. The molecule has 2 aromatic carbocycles. The van der Waals surface area contributed by atoms with Crippen LogP contribution in [0.1, 0.15) is 40.5 Å². The van der Waals surface area contributed by atoms with Gasteiger partial charge in [-0.05, 0) is 70.2 Å². The van der Waals surface area contributed by atoms with Gasteiger partial charge in [0.05, 0.1) is 47.4 Å². The smallest absolute Gasteiger partial charge is 0.260 e. The summed E-state index contributed by atoms with van der Waals surface area (Å²) < 4.78 is 33.4. The van der Waals surface area contributed by atoms with Crippen LogP contribution in [0.5, 0.6) is 5.75 Å². The van der Waals surface area contributed by atoms with E-state index in [1.807, 2.05) is 11.8 Å². The summed E-state index contributed by atoms with van der Waals surface area (Å²) in [5.41, 5.74) is 2.27. The number of fused-ring (bicyclic) bond motifs is 2. The van der Waals surface area contributed by atoms with Crippen LogP contribution in [0.4, 0.5) is 28.6 Å². The maximum Gasteiger partial charge on any atom is 0.260 e. The predicted octanol–water partition coefficient (Wildman–Crippen LogP) is 3.76. The molecule has 2 amide bonds. The van der Waals surface area contributed by atoms with Crippen molar-refractivity contribution in [3.63, 3.8) is 0 Å². The predicted molar refractivity (Wildman–Crippen MR) is 179 cm³/mol. The van der Waals surface area contributed by atoms with E-state index in [2.05, 4.69) is 27.1 Å². The first kappa shape index (κ1) is 31.8. The number of piperidine rings is 1. The topological polar surface area (TPSA) is 119 Å². The van der Waals surface area contributed by atoms with Crippen molar-refractivity contribution in [2.75, 3.05) is 80.7 Å². The third kappa shape index (κ3) is 6.26. The Bertz CT molecular complexity index is 1730. The number of para-hydroxylation sites is 1. The van der Waals surface area contributed by atoms with E-state index in [9.17, 15) is 18.0 Å². The van der Waals surface area contributed by atoms with Crippen LogP contribution in [0, 0.1) is 0 Å². The number of hydrogen-bond donors (Lipinski definition) is 1. The van der Waals surface area contributed by atoms with Gasteiger partial charge < -0.3 is 24.8 Å². The van der Waals surface area contributed by atoms with E-state index in [4.69, 9.17) is 4.74 Å². The largest absolute Gasteiger partial charge is 0.492 e. The zero-order valence-corrected chi connectivity index (χ0v) is 27.6. The summed E-state index contributed by atoms with van der Waals surface area (Å²) in [6, 6.07) is 14.1. The van der Waals surface area contributed by atoms with Crippen LogP contribution in [0.25, 0.3) is 0 Å². The zero-order valence-electron chi connectivity index (χ0n) is 26.8. The van der Waals surface area contributed by atoms with E-state index >= 15 is 0 Å². The number of nitrogens with one attached hydrogen (secondary N) is 1. The molecule has 2 saturated heterocycles. The van der Waals surface area contributed by atoms with E-state index in [1.54, 1.807) is 55.6 Å². The van der Waals surface area contributed by atoms with Gasteiger partial charge in [-0.25, -0.2) is 17.7 Å². The van der Waals surface area contributed by atoms with Gasteiger partial charge in [0.15, 0.2) is 0 Å². The zero-order chi connectivity index (χ0) is 32.6. The Hall–Kier alpha value is -4.20. The monoisotopic (exact) mass is 647 g/mol. The summed E-state index contributed by atoms with van der Waals surface area (Å²) in [6.45, 7) is 7.60. The van der Waals surface area contributed by atoms with Gasteiger partial charge in [-0.1, -0.05) is 12.1 Å². The van der Waals surface area contributed by atoms with Crippen molar-refractivity contribution < 1.29 is 22.7 Å². The minimum absolute atomic E-state index is 0.0335. The number of carbonyl (C=O) groups is 2. The van der Waals surface area contributed by atoms with Gasteiger partial charge in [-0.15, -0.1) is 0 Å². The second-order valence-corrected chi connectivity index (χ2v) is 13.9. The molecule has 13 heteroatoms. The van der Waals surface area contributed by atoms with Crippen molar-refractivity contribution in [1.29, 1.82) is 0 Å². The molecule has 0 radical (unpaired) electrons. The number of nitrogens with zero attached hydrogens (tertiary/aromatic N) is 6. The lowest BCUT2D eigenvalue weighted by molar-refractivity contribution is 0.0475. The Kier molecular flexibility index (Phi) is 8.90. The Labute approximate surface area is 270 Å². The Morgan fingerprint density at radius 2 is 1.67 bits per heavy atom. The van der Waals surface area contributed by atoms with Crippen LogP contribution in [0.3, 0.4) is 0 Å². The number of piperazine rings is 1. The number of carbonyl (C=O) groups excluding carboxylic acids is 2. The molecule has 244 valence electrons. The van der Waals surface area contributed by atoms with Crippen molar-refractivity contribution in [2.45, 2.75) is 25.8 Å². The first-order valence-corrected chi connectivity index (χ1v) is 17.5. The SMILES string of the molecule is CCOc1cc(C(=O)N2CCN(C3CCN(C)CC3)CC2)ccc1Nc1cc2c(cn1)N(C)C(=O)c1ccccc1N2S(C)(=O)=O. The van der Waals surface area contributed by atoms with Crippen molar-refractivity contribution in [2.24, 2.45) is 0 Å². The summed E-state index contributed by atoms with van der Waals surface area (Å²) in [7, 11) is -0.0781. The highest BCUT2D eigenvalue weighted by Gasteiger charge is 2.34. The molecule has 1 aromatic heterocycles. The molecule has 0 spiro atoms. The lowest BCUT2D eigenvalue weighted by Gasteiger charge is -2.42. The molecule has 12 nitrogen and oxygen atoms in total. The van der Waals surface area contributed by atoms with Gasteiger partial charge in [0.1, 0.15) is 11.6 Å². The number of amides is 2. The molecule has 1 N–H and O–H groups in total. The highest BCUT2D eigenvalue weighted by molar-refractivity contribution is 7.92. The first-order valence-electron chi connectivity index (χ1n) is 15.7. The number of aromatic nitrogens is 1. The minimum Gasteiger partial charge on any atom is -0.492 e. The number of rotatable bonds is 7. The molecule has 0 atom stereocenters. The van der Waals surface area contributed by atoms with Gasteiger partial charge in [0.25, 0.3) is 11.8 Å². The van der Waals surface area contributed by atoms with Gasteiger partial charge in [-0.2, -0.15) is 0 Å². The fourth-order valence-electron chi connectivity index (χ4n) is 6.54. The number of ether oxygens (including phenoxy) is 1. The fraction of sp³-hybridized carbons (Fsp3) is 0.424. The van der Waals surface area contributed by atoms with Crippen molar-refractivity contribution in [3.8, 4) is 5.75 Å². The molecule has 3 aliphatic rings. The first-order chi connectivity index (χ1) is 22.0. The Balaban J connectivity index is 1.24. The second-order valence-electron chi connectivity index (χ2n) is 12.1. The number of hydrogen-bond acceptors (Lipinski definition) is 9. The highest BCUT2D eigenvalue weighted by Crippen LogP contribution is 2.43. The van der Waals surface area contributed by atoms with E-state index in [0.717, 1.165) is 32.4 Å². The second kappa shape index (κ2) is 12.9. The number of anilines is 5. The van der Waals surface area contributed by atoms with E-state index in [0.29, 0.717) is 54.2 Å². The molecule has 0 aliphatic carbocycles.